The third kappa shape index (κ3) is 19.9. The van der Waals surface area contributed by atoms with Crippen LogP contribution in [0.15, 0.2) is 121 Å². The molecule has 326 valence electrons. The van der Waals surface area contributed by atoms with Crippen LogP contribution in [0, 0.1) is 0 Å². The Labute approximate surface area is 366 Å². The van der Waals surface area contributed by atoms with Crippen molar-refractivity contribution in [1.82, 2.24) is 0 Å². The predicted molar refractivity (Wildman–Crippen MR) is 267 cm³/mol. The first-order valence-electron chi connectivity index (χ1n) is 25.4. The number of nitrogens with zero attached hydrogens (tertiary/aromatic N) is 1. The lowest BCUT2D eigenvalue weighted by atomic mass is 9.14. The monoisotopic (exact) mass is 800 g/mol. The third-order valence-corrected chi connectivity index (χ3v) is 13.4. The maximum Gasteiger partial charge on any atom is 0.0856 e. The van der Waals surface area contributed by atoms with Crippen molar-refractivity contribution in [3.05, 3.63) is 127 Å². The molecule has 2 heteroatoms. The van der Waals surface area contributed by atoms with Crippen LogP contribution in [0.2, 0.25) is 0 Å². The van der Waals surface area contributed by atoms with E-state index in [2.05, 4.69) is 149 Å². The molecule has 0 aliphatic rings. The topological polar surface area (TPSA) is 0 Å². The van der Waals surface area contributed by atoms with Crippen LogP contribution in [-0.2, 0) is 6.32 Å². The van der Waals surface area contributed by atoms with Crippen LogP contribution in [0.5, 0.6) is 0 Å². The molecule has 0 saturated carbocycles. The second-order valence-corrected chi connectivity index (χ2v) is 18.3. The van der Waals surface area contributed by atoms with E-state index in [0.717, 1.165) is 6.32 Å². The normalized spacial score (nSPS) is 11.7. The van der Waals surface area contributed by atoms with E-state index in [1.54, 1.807) is 0 Å². The second kappa shape index (κ2) is 32.6. The van der Waals surface area contributed by atoms with Crippen molar-refractivity contribution in [2.75, 3.05) is 26.2 Å². The van der Waals surface area contributed by atoms with E-state index in [1.165, 1.54) is 207 Å². The Hall–Kier alpha value is -3.10. The highest BCUT2D eigenvalue weighted by Gasteiger charge is 2.30. The summed E-state index contributed by atoms with van der Waals surface area (Å²) in [6.45, 7) is 15.3. The van der Waals surface area contributed by atoms with Gasteiger partial charge in [-0.25, -0.2) is 0 Å². The molecule has 0 N–H and O–H groups in total. The Balaban J connectivity index is 0.000000322. The summed E-state index contributed by atoms with van der Waals surface area (Å²) < 4.78 is 1.48. The summed E-state index contributed by atoms with van der Waals surface area (Å²) in [7, 11) is 0. The van der Waals surface area contributed by atoms with Crippen molar-refractivity contribution in [3.8, 4) is 0 Å². The van der Waals surface area contributed by atoms with Crippen LogP contribution in [-0.4, -0.2) is 36.8 Å². The fourth-order valence-corrected chi connectivity index (χ4v) is 9.82. The zero-order valence-corrected chi connectivity index (χ0v) is 39.1. The minimum atomic E-state index is -1.09. The second-order valence-electron chi connectivity index (χ2n) is 18.3. The first-order chi connectivity index (χ1) is 29.1. The summed E-state index contributed by atoms with van der Waals surface area (Å²) in [5, 5.41) is 0. The lowest BCUT2D eigenvalue weighted by molar-refractivity contribution is -0.929. The largest absolute Gasteiger partial charge is 0.324 e. The van der Waals surface area contributed by atoms with Gasteiger partial charge in [-0.05, 0) is 51.4 Å². The summed E-state index contributed by atoms with van der Waals surface area (Å²) in [5.74, 6) is 0. The molecule has 0 aliphatic heterocycles. The van der Waals surface area contributed by atoms with E-state index in [-0.39, 0.29) is 0 Å². The number of hydrogen-bond donors (Lipinski definition) is 0. The van der Waals surface area contributed by atoms with Crippen molar-refractivity contribution in [2.45, 2.75) is 188 Å². The van der Waals surface area contributed by atoms with Gasteiger partial charge in [-0.1, -0.05) is 257 Å². The summed E-state index contributed by atoms with van der Waals surface area (Å²) in [6.07, 6.45) is 34.7. The highest BCUT2D eigenvalue weighted by Crippen LogP contribution is 2.21. The predicted octanol–water partition coefficient (Wildman–Crippen LogP) is 15.2. The highest BCUT2D eigenvalue weighted by molar-refractivity contribution is 7.11. The molecule has 0 atom stereocenters. The molecular formula is C57H90BN. The van der Waals surface area contributed by atoms with Gasteiger partial charge >= 0.3 is 0 Å². The number of hydrogen-bond acceptors (Lipinski definition) is 0. The molecule has 4 aromatic carbocycles. The summed E-state index contributed by atoms with van der Waals surface area (Å²) >= 11 is 0. The van der Waals surface area contributed by atoms with Crippen LogP contribution in [0.4, 0.5) is 0 Å². The van der Waals surface area contributed by atoms with Gasteiger partial charge in [0, 0.05) is 0 Å². The third-order valence-electron chi connectivity index (χ3n) is 13.4. The standard InChI is InChI=1S/C32H68N.C25H22B/c1-5-9-13-17-21-25-29-33(30-26-22-18-14-10-6-2,31-27-23-19-15-11-7-3)32-28-24-20-16-12-8-4;1-5-13-22(14-6-1)21-26(23-15-7-2-8-16-23,24-17-9-3-10-18-24)25-19-11-4-12-20-25/h5-32H2,1-4H3;1-20H,21H2/q+1;-1. The van der Waals surface area contributed by atoms with Crippen molar-refractivity contribution >= 4 is 22.5 Å². The van der Waals surface area contributed by atoms with Gasteiger partial charge in [-0.15, -0.1) is 6.32 Å². The average molecular weight is 800 g/mol. The van der Waals surface area contributed by atoms with Gasteiger partial charge < -0.3 is 4.48 Å². The number of benzene rings is 4. The van der Waals surface area contributed by atoms with Crippen LogP contribution < -0.4 is 16.4 Å². The van der Waals surface area contributed by atoms with Gasteiger partial charge in [0.15, 0.2) is 0 Å². The Morgan fingerprint density at radius 2 is 0.525 bits per heavy atom. The molecule has 4 rings (SSSR count). The molecule has 0 saturated heterocycles. The molecular weight excluding hydrogens is 709 g/mol. The minimum absolute atomic E-state index is 0.985. The Morgan fingerprint density at radius 1 is 0.288 bits per heavy atom. The molecule has 0 spiro atoms. The lowest BCUT2D eigenvalue weighted by Crippen LogP contribution is -2.68. The zero-order valence-electron chi connectivity index (χ0n) is 39.1. The van der Waals surface area contributed by atoms with Gasteiger partial charge in [0.1, 0.15) is 0 Å². The van der Waals surface area contributed by atoms with E-state index < -0.39 is 6.15 Å². The molecule has 59 heavy (non-hydrogen) atoms. The molecule has 0 aromatic heterocycles. The fourth-order valence-electron chi connectivity index (χ4n) is 9.82. The van der Waals surface area contributed by atoms with Gasteiger partial charge in [0.25, 0.3) is 0 Å². The fraction of sp³-hybridized carbons (Fsp3) is 0.579. The van der Waals surface area contributed by atoms with Crippen LogP contribution in [0.3, 0.4) is 0 Å². The van der Waals surface area contributed by atoms with Crippen molar-refractivity contribution in [3.63, 3.8) is 0 Å². The van der Waals surface area contributed by atoms with Crippen LogP contribution in [0.1, 0.15) is 187 Å². The van der Waals surface area contributed by atoms with Crippen LogP contribution >= 0.6 is 0 Å². The number of quaternary nitrogens is 1. The van der Waals surface area contributed by atoms with E-state index in [1.807, 2.05) is 0 Å². The van der Waals surface area contributed by atoms with E-state index in [0.29, 0.717) is 0 Å². The molecule has 4 aromatic rings. The lowest BCUT2D eigenvalue weighted by Gasteiger charge is -2.43. The highest BCUT2D eigenvalue weighted by atomic mass is 15.3. The molecule has 0 amide bonds. The SMILES string of the molecule is CCCCCCCC[N+](CCCCCCCC)(CCCCCCCC)CCCCCCCC.c1ccc(C[B-](c2ccccc2)(c2ccccc2)c2ccccc2)cc1. The summed E-state index contributed by atoms with van der Waals surface area (Å²) in [6, 6.07) is 43.8. The average Bonchev–Trinajstić information content (AvgIpc) is 3.29. The first kappa shape index (κ1) is 50.3. The number of rotatable bonds is 33. The van der Waals surface area contributed by atoms with Crippen molar-refractivity contribution in [2.24, 2.45) is 0 Å². The molecule has 1 nitrogen and oxygen atoms in total. The van der Waals surface area contributed by atoms with E-state index in [4.69, 9.17) is 0 Å². The quantitative estimate of drug-likeness (QED) is 0.0256. The zero-order chi connectivity index (χ0) is 42.0. The molecule has 0 unspecified atom stereocenters. The maximum absolute atomic E-state index is 2.34. The molecule has 0 fully saturated rings. The first-order valence-corrected chi connectivity index (χ1v) is 25.4. The summed E-state index contributed by atoms with van der Waals surface area (Å²) in [5.41, 5.74) is 5.51. The smallest absolute Gasteiger partial charge is 0.0856 e. The Bertz CT molecular complexity index is 1320. The molecule has 0 heterocycles. The maximum atomic E-state index is 2.34. The Kier molecular flexibility index (Phi) is 27.8. The van der Waals surface area contributed by atoms with Crippen molar-refractivity contribution < 1.29 is 4.48 Å². The molecule has 0 radical (unpaired) electrons. The molecule has 0 aliphatic carbocycles. The minimum Gasteiger partial charge on any atom is -0.324 e. The number of unbranched alkanes of at least 4 members (excludes halogenated alkanes) is 20. The van der Waals surface area contributed by atoms with Gasteiger partial charge in [0.2, 0.25) is 0 Å². The van der Waals surface area contributed by atoms with Crippen LogP contribution in [0.25, 0.3) is 0 Å². The van der Waals surface area contributed by atoms with Gasteiger partial charge in [-0.2, -0.15) is 16.4 Å². The van der Waals surface area contributed by atoms with E-state index >= 15 is 0 Å². The van der Waals surface area contributed by atoms with E-state index in [9.17, 15) is 0 Å². The van der Waals surface area contributed by atoms with Gasteiger partial charge in [0.05, 0.1) is 32.3 Å². The molecule has 0 bridgehead atoms. The Morgan fingerprint density at radius 3 is 0.797 bits per heavy atom. The summed E-state index contributed by atoms with van der Waals surface area (Å²) in [4.78, 5) is 0. The van der Waals surface area contributed by atoms with Crippen molar-refractivity contribution in [1.29, 1.82) is 0 Å². The van der Waals surface area contributed by atoms with Gasteiger partial charge in [-0.3, -0.25) is 0 Å².